The molecular formula is C16H26N4OS. The van der Waals surface area contributed by atoms with Gasteiger partial charge < -0.3 is 16.0 Å². The van der Waals surface area contributed by atoms with Gasteiger partial charge in [-0.2, -0.15) is 0 Å². The number of hydrogen-bond acceptors (Lipinski definition) is 5. The van der Waals surface area contributed by atoms with Crippen LogP contribution in [0, 0.1) is 5.92 Å². The first-order valence-electron chi connectivity index (χ1n) is 8.44. The van der Waals surface area contributed by atoms with E-state index >= 15 is 0 Å². The lowest BCUT2D eigenvalue weighted by atomic mass is 10.00. The Kier molecular flexibility index (Phi) is 5.31. The molecule has 6 heteroatoms. The lowest BCUT2D eigenvalue weighted by Gasteiger charge is -2.14. The van der Waals surface area contributed by atoms with E-state index in [0.717, 1.165) is 49.6 Å². The Hall–Kier alpha value is -1.14. The number of thiazole rings is 1. The van der Waals surface area contributed by atoms with Crippen molar-refractivity contribution >= 4 is 22.4 Å². The highest BCUT2D eigenvalue weighted by Gasteiger charge is 2.25. The molecular weight excluding hydrogens is 296 g/mol. The van der Waals surface area contributed by atoms with E-state index in [2.05, 4.69) is 20.6 Å². The normalized spacial score (nSPS) is 24.9. The molecule has 3 N–H and O–H groups in total. The smallest absolute Gasteiger partial charge is 0.220 e. The number of amides is 1. The van der Waals surface area contributed by atoms with Gasteiger partial charge in [-0.1, -0.05) is 6.42 Å². The fraction of sp³-hybridized carbons (Fsp3) is 0.750. The topological polar surface area (TPSA) is 71.2 Å². The second-order valence-electron chi connectivity index (χ2n) is 6.47. The molecule has 3 rings (SSSR count). The summed E-state index contributed by atoms with van der Waals surface area (Å²) in [6.07, 6.45) is 7.26. The van der Waals surface area contributed by atoms with Gasteiger partial charge in [0.25, 0.3) is 0 Å². The molecule has 0 radical (unpaired) electrons. The SMILES string of the molecule is N[C@@H]1CCC[C@H]1CC(=O)NCCc1csc(N2CCCC2)n1. The summed E-state index contributed by atoms with van der Waals surface area (Å²) >= 11 is 1.72. The van der Waals surface area contributed by atoms with Crippen LogP contribution in [0.15, 0.2) is 5.38 Å². The van der Waals surface area contributed by atoms with E-state index < -0.39 is 0 Å². The maximum atomic E-state index is 12.0. The Bertz CT molecular complexity index is 498. The fourth-order valence-corrected chi connectivity index (χ4v) is 4.34. The molecule has 1 aromatic rings. The maximum Gasteiger partial charge on any atom is 0.220 e. The summed E-state index contributed by atoms with van der Waals surface area (Å²) in [6.45, 7) is 2.93. The van der Waals surface area contributed by atoms with Crippen molar-refractivity contribution in [3.05, 3.63) is 11.1 Å². The summed E-state index contributed by atoms with van der Waals surface area (Å²) < 4.78 is 0. The van der Waals surface area contributed by atoms with Gasteiger partial charge in [-0.05, 0) is 31.6 Å². The predicted octanol–water partition coefficient (Wildman–Crippen LogP) is 1.92. The van der Waals surface area contributed by atoms with Gasteiger partial charge in [-0.15, -0.1) is 11.3 Å². The van der Waals surface area contributed by atoms with Crippen molar-refractivity contribution < 1.29 is 4.79 Å². The van der Waals surface area contributed by atoms with Crippen LogP contribution in [0.1, 0.15) is 44.2 Å². The molecule has 122 valence electrons. The van der Waals surface area contributed by atoms with Crippen LogP contribution in [0.3, 0.4) is 0 Å². The molecule has 0 bridgehead atoms. The molecule has 1 saturated carbocycles. The van der Waals surface area contributed by atoms with Crippen LogP contribution in [0.4, 0.5) is 5.13 Å². The van der Waals surface area contributed by atoms with E-state index in [4.69, 9.17) is 5.73 Å². The molecule has 2 fully saturated rings. The minimum Gasteiger partial charge on any atom is -0.356 e. The molecule has 1 amide bonds. The molecule has 2 aliphatic rings. The zero-order chi connectivity index (χ0) is 15.4. The van der Waals surface area contributed by atoms with Crippen molar-refractivity contribution in [2.45, 2.75) is 51.0 Å². The zero-order valence-corrected chi connectivity index (χ0v) is 13.9. The monoisotopic (exact) mass is 322 g/mol. The van der Waals surface area contributed by atoms with Gasteiger partial charge in [-0.3, -0.25) is 4.79 Å². The number of aromatic nitrogens is 1. The zero-order valence-electron chi connectivity index (χ0n) is 13.1. The molecule has 5 nitrogen and oxygen atoms in total. The van der Waals surface area contributed by atoms with Gasteiger partial charge in [0.1, 0.15) is 0 Å². The average molecular weight is 322 g/mol. The molecule has 1 aliphatic heterocycles. The lowest BCUT2D eigenvalue weighted by molar-refractivity contribution is -0.122. The minimum atomic E-state index is 0.136. The standard InChI is InChI=1S/C16H26N4OS/c17-14-5-3-4-12(14)10-15(21)18-7-6-13-11-22-16(19-13)20-8-1-2-9-20/h11-12,14H,1-10,17H2,(H,18,21)/t12-,14+/m0/s1. The van der Waals surface area contributed by atoms with E-state index in [9.17, 15) is 4.79 Å². The number of hydrogen-bond donors (Lipinski definition) is 2. The number of carbonyl (C=O) groups excluding carboxylic acids is 1. The Morgan fingerprint density at radius 3 is 2.91 bits per heavy atom. The highest BCUT2D eigenvalue weighted by atomic mass is 32.1. The first-order chi connectivity index (χ1) is 10.7. The number of nitrogens with two attached hydrogens (primary N) is 1. The van der Waals surface area contributed by atoms with Crippen LogP contribution in [-0.4, -0.2) is 36.6 Å². The van der Waals surface area contributed by atoms with Crippen molar-refractivity contribution in [2.24, 2.45) is 11.7 Å². The molecule has 0 aromatic carbocycles. The second kappa shape index (κ2) is 7.42. The Morgan fingerprint density at radius 2 is 2.18 bits per heavy atom. The van der Waals surface area contributed by atoms with E-state index in [1.807, 2.05) is 0 Å². The van der Waals surface area contributed by atoms with E-state index in [-0.39, 0.29) is 11.9 Å². The van der Waals surface area contributed by atoms with Gasteiger partial charge in [-0.25, -0.2) is 4.98 Å². The Labute approximate surface area is 136 Å². The molecule has 1 aliphatic carbocycles. The summed E-state index contributed by atoms with van der Waals surface area (Å²) in [5, 5.41) is 6.27. The van der Waals surface area contributed by atoms with Crippen LogP contribution in [0.25, 0.3) is 0 Å². The average Bonchev–Trinajstić information content (AvgIpc) is 3.21. The van der Waals surface area contributed by atoms with Crippen molar-refractivity contribution in [1.82, 2.24) is 10.3 Å². The summed E-state index contributed by atoms with van der Waals surface area (Å²) in [7, 11) is 0. The predicted molar refractivity (Wildman–Crippen MR) is 90.2 cm³/mol. The first kappa shape index (κ1) is 15.7. The van der Waals surface area contributed by atoms with Crippen LogP contribution in [0.5, 0.6) is 0 Å². The Morgan fingerprint density at radius 1 is 1.36 bits per heavy atom. The minimum absolute atomic E-state index is 0.136. The highest BCUT2D eigenvalue weighted by molar-refractivity contribution is 7.13. The number of carbonyl (C=O) groups is 1. The number of nitrogens with zero attached hydrogens (tertiary/aromatic N) is 2. The van der Waals surface area contributed by atoms with Crippen molar-refractivity contribution in [3.63, 3.8) is 0 Å². The van der Waals surface area contributed by atoms with Gasteiger partial charge in [0, 0.05) is 43.9 Å². The highest BCUT2D eigenvalue weighted by Crippen LogP contribution is 2.27. The third-order valence-corrected chi connectivity index (χ3v) is 5.74. The van der Waals surface area contributed by atoms with Crippen molar-refractivity contribution in [1.29, 1.82) is 0 Å². The number of nitrogens with one attached hydrogen (secondary N) is 1. The number of anilines is 1. The van der Waals surface area contributed by atoms with E-state index in [0.29, 0.717) is 18.9 Å². The summed E-state index contributed by atoms with van der Waals surface area (Å²) in [5.41, 5.74) is 7.10. The summed E-state index contributed by atoms with van der Waals surface area (Å²) in [5.74, 6) is 0.512. The van der Waals surface area contributed by atoms with E-state index in [1.54, 1.807) is 11.3 Å². The molecule has 0 unspecified atom stereocenters. The quantitative estimate of drug-likeness (QED) is 0.839. The number of rotatable bonds is 6. The lowest BCUT2D eigenvalue weighted by Crippen LogP contribution is -2.32. The fourth-order valence-electron chi connectivity index (χ4n) is 3.42. The third-order valence-electron chi connectivity index (χ3n) is 4.78. The van der Waals surface area contributed by atoms with Gasteiger partial charge in [0.2, 0.25) is 5.91 Å². The van der Waals surface area contributed by atoms with Gasteiger partial charge >= 0.3 is 0 Å². The maximum absolute atomic E-state index is 12.0. The van der Waals surface area contributed by atoms with Crippen LogP contribution in [-0.2, 0) is 11.2 Å². The second-order valence-corrected chi connectivity index (χ2v) is 7.31. The molecule has 0 spiro atoms. The van der Waals surface area contributed by atoms with Gasteiger partial charge in [0.05, 0.1) is 5.69 Å². The van der Waals surface area contributed by atoms with Crippen molar-refractivity contribution in [2.75, 3.05) is 24.5 Å². The Balaban J connectivity index is 1.38. The molecule has 1 saturated heterocycles. The van der Waals surface area contributed by atoms with Gasteiger partial charge in [0.15, 0.2) is 5.13 Å². The molecule has 2 heterocycles. The third kappa shape index (κ3) is 3.98. The molecule has 22 heavy (non-hydrogen) atoms. The largest absolute Gasteiger partial charge is 0.356 e. The van der Waals surface area contributed by atoms with Crippen LogP contribution in [0.2, 0.25) is 0 Å². The summed E-state index contributed by atoms with van der Waals surface area (Å²) in [6, 6.07) is 0.215. The van der Waals surface area contributed by atoms with Crippen LogP contribution >= 0.6 is 11.3 Å². The first-order valence-corrected chi connectivity index (χ1v) is 9.32. The summed E-state index contributed by atoms with van der Waals surface area (Å²) in [4.78, 5) is 19.0. The molecule has 2 atom stereocenters. The van der Waals surface area contributed by atoms with Crippen LogP contribution < -0.4 is 16.0 Å². The van der Waals surface area contributed by atoms with E-state index in [1.165, 1.54) is 12.8 Å². The van der Waals surface area contributed by atoms with Crippen molar-refractivity contribution in [3.8, 4) is 0 Å². The molecule has 1 aromatic heterocycles.